The Balaban J connectivity index is 1.84. The highest BCUT2D eigenvalue weighted by Gasteiger charge is 2.16. The monoisotopic (exact) mass is 362 g/mol. The number of hydrazine groups is 1. The summed E-state index contributed by atoms with van der Waals surface area (Å²) in [5.74, 6) is 0.293. The van der Waals surface area contributed by atoms with Crippen LogP contribution in [-0.2, 0) is 4.79 Å². The Kier molecular flexibility index (Phi) is 6.65. The highest BCUT2D eigenvalue weighted by molar-refractivity contribution is 6.30. The molecular weight excluding hydrogens is 344 g/mol. The van der Waals surface area contributed by atoms with E-state index in [1.807, 2.05) is 6.92 Å². The van der Waals surface area contributed by atoms with E-state index in [1.165, 1.54) is 6.07 Å². The van der Waals surface area contributed by atoms with Gasteiger partial charge in [0.2, 0.25) is 0 Å². The second-order valence-electron chi connectivity index (χ2n) is 5.12. The molecule has 1 atom stereocenters. The predicted octanol–water partition coefficient (Wildman–Crippen LogP) is 2.97. The number of carbonyl (C=O) groups is 2. The van der Waals surface area contributed by atoms with Crippen LogP contribution in [0.5, 0.6) is 11.5 Å². The SMILES string of the molecule is CCOc1ccc(OC(C)C(=O)NNC(=O)c2cccc(Cl)c2)cc1. The molecule has 2 amide bonds. The van der Waals surface area contributed by atoms with E-state index in [-0.39, 0.29) is 0 Å². The number of ether oxygens (including phenoxy) is 2. The minimum atomic E-state index is -0.794. The molecule has 0 aromatic heterocycles. The fourth-order valence-electron chi connectivity index (χ4n) is 1.96. The quantitative estimate of drug-likeness (QED) is 0.774. The molecule has 132 valence electrons. The Hall–Kier alpha value is -2.73. The van der Waals surface area contributed by atoms with Gasteiger partial charge >= 0.3 is 0 Å². The number of carbonyl (C=O) groups excluding carboxylic acids is 2. The van der Waals surface area contributed by atoms with Crippen molar-refractivity contribution in [2.24, 2.45) is 0 Å². The first-order chi connectivity index (χ1) is 12.0. The van der Waals surface area contributed by atoms with Crippen molar-refractivity contribution in [3.63, 3.8) is 0 Å². The molecule has 2 aromatic rings. The van der Waals surface area contributed by atoms with Gasteiger partial charge in [0.15, 0.2) is 6.10 Å². The van der Waals surface area contributed by atoms with E-state index in [0.29, 0.717) is 22.9 Å². The number of hydrogen-bond acceptors (Lipinski definition) is 4. The number of nitrogens with one attached hydrogen (secondary N) is 2. The van der Waals surface area contributed by atoms with Crippen molar-refractivity contribution >= 4 is 23.4 Å². The molecular formula is C18H19ClN2O4. The zero-order valence-corrected chi connectivity index (χ0v) is 14.7. The average Bonchev–Trinajstić information content (AvgIpc) is 2.61. The lowest BCUT2D eigenvalue weighted by Crippen LogP contribution is -2.47. The first-order valence-electron chi connectivity index (χ1n) is 7.75. The molecule has 0 aliphatic heterocycles. The summed E-state index contributed by atoms with van der Waals surface area (Å²) in [6.45, 7) is 4.05. The van der Waals surface area contributed by atoms with E-state index in [0.717, 1.165) is 5.75 Å². The normalized spacial score (nSPS) is 11.3. The molecule has 0 saturated heterocycles. The number of hydrogen-bond donors (Lipinski definition) is 2. The molecule has 7 heteroatoms. The van der Waals surface area contributed by atoms with E-state index in [1.54, 1.807) is 49.4 Å². The third-order valence-electron chi connectivity index (χ3n) is 3.20. The molecule has 0 saturated carbocycles. The standard InChI is InChI=1S/C18H19ClN2O4/c1-3-24-15-7-9-16(10-8-15)25-12(2)17(22)20-21-18(23)13-5-4-6-14(19)11-13/h4-12H,3H2,1-2H3,(H,20,22)(H,21,23). The lowest BCUT2D eigenvalue weighted by molar-refractivity contribution is -0.128. The summed E-state index contributed by atoms with van der Waals surface area (Å²) in [6.07, 6.45) is -0.794. The molecule has 2 aromatic carbocycles. The zero-order chi connectivity index (χ0) is 18.2. The predicted molar refractivity (Wildman–Crippen MR) is 94.8 cm³/mol. The van der Waals surface area contributed by atoms with Gasteiger partial charge in [-0.15, -0.1) is 0 Å². The summed E-state index contributed by atoms with van der Waals surface area (Å²) < 4.78 is 10.9. The van der Waals surface area contributed by atoms with Crippen molar-refractivity contribution in [3.8, 4) is 11.5 Å². The van der Waals surface area contributed by atoms with Gasteiger partial charge in [0, 0.05) is 10.6 Å². The van der Waals surface area contributed by atoms with Crippen LogP contribution >= 0.6 is 11.6 Å². The second kappa shape index (κ2) is 8.94. The number of halogens is 1. The van der Waals surface area contributed by atoms with Gasteiger partial charge < -0.3 is 9.47 Å². The largest absolute Gasteiger partial charge is 0.494 e. The lowest BCUT2D eigenvalue weighted by atomic mass is 10.2. The van der Waals surface area contributed by atoms with E-state index >= 15 is 0 Å². The summed E-state index contributed by atoms with van der Waals surface area (Å²) in [5.41, 5.74) is 4.98. The lowest BCUT2D eigenvalue weighted by Gasteiger charge is -2.15. The van der Waals surface area contributed by atoms with Crippen molar-refractivity contribution < 1.29 is 19.1 Å². The minimum Gasteiger partial charge on any atom is -0.494 e. The summed E-state index contributed by atoms with van der Waals surface area (Å²) in [6, 6.07) is 13.3. The van der Waals surface area contributed by atoms with Gasteiger partial charge in [-0.3, -0.25) is 20.4 Å². The van der Waals surface area contributed by atoms with Crippen LogP contribution in [0.3, 0.4) is 0 Å². The second-order valence-corrected chi connectivity index (χ2v) is 5.55. The van der Waals surface area contributed by atoms with Gasteiger partial charge in [-0.25, -0.2) is 0 Å². The van der Waals surface area contributed by atoms with Gasteiger partial charge in [0.25, 0.3) is 11.8 Å². The van der Waals surface area contributed by atoms with Crippen LogP contribution in [-0.4, -0.2) is 24.5 Å². The van der Waals surface area contributed by atoms with Crippen LogP contribution in [0.25, 0.3) is 0 Å². The fraction of sp³-hybridized carbons (Fsp3) is 0.222. The Bertz CT molecular complexity index is 734. The van der Waals surface area contributed by atoms with E-state index in [4.69, 9.17) is 21.1 Å². The number of amides is 2. The molecule has 0 fully saturated rings. The topological polar surface area (TPSA) is 76.7 Å². The zero-order valence-electron chi connectivity index (χ0n) is 13.9. The highest BCUT2D eigenvalue weighted by atomic mass is 35.5. The molecule has 0 spiro atoms. The Morgan fingerprint density at radius 3 is 2.40 bits per heavy atom. The molecule has 0 bridgehead atoms. The molecule has 2 N–H and O–H groups in total. The van der Waals surface area contributed by atoms with Crippen LogP contribution in [0.2, 0.25) is 5.02 Å². The number of rotatable bonds is 6. The maximum absolute atomic E-state index is 12.0. The van der Waals surface area contributed by atoms with E-state index in [9.17, 15) is 9.59 Å². The van der Waals surface area contributed by atoms with Crippen molar-refractivity contribution in [1.82, 2.24) is 10.9 Å². The van der Waals surface area contributed by atoms with E-state index < -0.39 is 17.9 Å². The van der Waals surface area contributed by atoms with Gasteiger partial charge in [-0.1, -0.05) is 17.7 Å². The maximum atomic E-state index is 12.0. The van der Waals surface area contributed by atoms with Gasteiger partial charge in [-0.2, -0.15) is 0 Å². The van der Waals surface area contributed by atoms with Crippen molar-refractivity contribution in [1.29, 1.82) is 0 Å². The van der Waals surface area contributed by atoms with Crippen molar-refractivity contribution in [2.75, 3.05) is 6.61 Å². The minimum absolute atomic E-state index is 0.341. The first kappa shape index (κ1) is 18.6. The van der Waals surface area contributed by atoms with Crippen LogP contribution in [0.15, 0.2) is 48.5 Å². The van der Waals surface area contributed by atoms with Crippen molar-refractivity contribution in [2.45, 2.75) is 20.0 Å². The van der Waals surface area contributed by atoms with Gasteiger partial charge in [0.1, 0.15) is 11.5 Å². The smallest absolute Gasteiger partial charge is 0.279 e. The summed E-state index contributed by atoms with van der Waals surface area (Å²) in [7, 11) is 0. The Morgan fingerprint density at radius 1 is 1.08 bits per heavy atom. The van der Waals surface area contributed by atoms with E-state index in [2.05, 4.69) is 10.9 Å². The molecule has 1 unspecified atom stereocenters. The molecule has 2 rings (SSSR count). The maximum Gasteiger partial charge on any atom is 0.279 e. The molecule has 0 radical (unpaired) electrons. The van der Waals surface area contributed by atoms with Crippen LogP contribution in [0.4, 0.5) is 0 Å². The third-order valence-corrected chi connectivity index (χ3v) is 3.44. The van der Waals surface area contributed by atoms with Crippen LogP contribution < -0.4 is 20.3 Å². The van der Waals surface area contributed by atoms with Crippen LogP contribution in [0, 0.1) is 0 Å². The summed E-state index contributed by atoms with van der Waals surface area (Å²) in [4.78, 5) is 24.0. The number of benzene rings is 2. The molecule has 0 heterocycles. The molecule has 0 aliphatic carbocycles. The van der Waals surface area contributed by atoms with Gasteiger partial charge in [0.05, 0.1) is 6.61 Å². The average molecular weight is 363 g/mol. The van der Waals surface area contributed by atoms with Gasteiger partial charge in [-0.05, 0) is 56.3 Å². The van der Waals surface area contributed by atoms with Crippen LogP contribution in [0.1, 0.15) is 24.2 Å². The fourth-order valence-corrected chi connectivity index (χ4v) is 2.15. The highest BCUT2D eigenvalue weighted by Crippen LogP contribution is 2.18. The Morgan fingerprint density at radius 2 is 1.76 bits per heavy atom. The summed E-state index contributed by atoms with van der Waals surface area (Å²) in [5, 5.41) is 0.436. The molecule has 25 heavy (non-hydrogen) atoms. The van der Waals surface area contributed by atoms with Crippen molar-refractivity contribution in [3.05, 3.63) is 59.1 Å². The first-order valence-corrected chi connectivity index (χ1v) is 8.12. The molecule has 6 nitrogen and oxygen atoms in total. The Labute approximate surface area is 151 Å². The summed E-state index contributed by atoms with van der Waals surface area (Å²) >= 11 is 5.83. The molecule has 0 aliphatic rings. The third kappa shape index (κ3) is 5.69.